The van der Waals surface area contributed by atoms with Gasteiger partial charge in [-0.15, -0.1) is 0 Å². The van der Waals surface area contributed by atoms with E-state index in [0.717, 1.165) is 39.0 Å². The van der Waals surface area contributed by atoms with Crippen LogP contribution in [0.1, 0.15) is 52.4 Å². The van der Waals surface area contributed by atoms with Gasteiger partial charge in [-0.25, -0.2) is 9.80 Å². The summed E-state index contributed by atoms with van der Waals surface area (Å²) >= 11 is 0. The molecule has 4 aliphatic heterocycles. The minimum absolute atomic E-state index is 0.141. The topological polar surface area (TPSA) is 83.6 Å². The Morgan fingerprint density at radius 1 is 0.676 bits per heavy atom. The lowest BCUT2D eigenvalue weighted by Crippen LogP contribution is -3.18. The van der Waals surface area contributed by atoms with E-state index < -0.39 is 0 Å². The molecule has 5 rings (SSSR count). The first-order valence-corrected chi connectivity index (χ1v) is 12.9. The molecule has 4 fully saturated rings. The van der Waals surface area contributed by atoms with Gasteiger partial charge in [0.15, 0.2) is 12.1 Å². The second kappa shape index (κ2) is 9.23. The predicted octanol–water partition coefficient (Wildman–Crippen LogP) is -0.420. The molecule has 182 valence electrons. The summed E-state index contributed by atoms with van der Waals surface area (Å²) in [4.78, 5) is 56.9. The first kappa shape index (κ1) is 23.2. The van der Waals surface area contributed by atoms with Crippen LogP contribution in [0.15, 0.2) is 24.3 Å². The smallest absolute Gasteiger partial charge is 0.292 e. The Morgan fingerprint density at radius 3 is 1.41 bits per heavy atom. The van der Waals surface area contributed by atoms with Gasteiger partial charge in [0, 0.05) is 11.8 Å². The van der Waals surface area contributed by atoms with Crippen molar-refractivity contribution in [2.75, 3.05) is 36.0 Å². The molecule has 8 nitrogen and oxygen atoms in total. The zero-order valence-corrected chi connectivity index (χ0v) is 20.2. The minimum atomic E-state index is -0.313. The Kier molecular flexibility index (Phi) is 6.29. The van der Waals surface area contributed by atoms with Crippen LogP contribution < -0.4 is 19.6 Å². The van der Waals surface area contributed by atoms with Gasteiger partial charge in [0.2, 0.25) is 11.8 Å². The third kappa shape index (κ3) is 4.18. The molecule has 0 spiro atoms. The average Bonchev–Trinajstić information content (AvgIpc) is 3.28. The van der Waals surface area contributed by atoms with E-state index in [-0.39, 0.29) is 48.6 Å². The van der Waals surface area contributed by atoms with Crippen LogP contribution in [0.3, 0.4) is 0 Å². The summed E-state index contributed by atoms with van der Waals surface area (Å²) in [5, 5.41) is 0. The molecule has 4 amide bonds. The molecule has 4 heterocycles. The number of carbonyl (C=O) groups is 4. The lowest BCUT2D eigenvalue weighted by atomic mass is 9.98. The number of nitrogens with one attached hydrogen (secondary N) is 2. The standard InChI is InChI=1S/C26H34N4O4/c1-17-5-3-11-27(15-17)21-13-23(31)29(25(21)33)19-7-9-20(10-8-19)30-24(32)14-22(26(30)34)28-12-4-6-18(2)16-28/h7-10,17-18,21-22H,3-6,11-16H2,1-2H3/p+2/t17-,18-,21-,22+/m0/s1. The van der Waals surface area contributed by atoms with Crippen molar-refractivity contribution < 1.29 is 29.0 Å². The highest BCUT2D eigenvalue weighted by Gasteiger charge is 2.48. The van der Waals surface area contributed by atoms with Gasteiger partial charge in [0.25, 0.3) is 11.8 Å². The molecule has 1 aromatic rings. The van der Waals surface area contributed by atoms with E-state index in [9.17, 15) is 19.2 Å². The normalized spacial score (nSPS) is 34.9. The summed E-state index contributed by atoms with van der Waals surface area (Å²) in [6, 6.07) is 6.12. The number of likely N-dealkylation sites (tertiary alicyclic amines) is 2. The van der Waals surface area contributed by atoms with Crippen LogP contribution in [-0.2, 0) is 19.2 Å². The Morgan fingerprint density at radius 2 is 1.06 bits per heavy atom. The van der Waals surface area contributed by atoms with Gasteiger partial charge in [-0.05, 0) is 49.9 Å². The molecule has 2 unspecified atom stereocenters. The molecule has 1 aromatic carbocycles. The molecule has 4 saturated heterocycles. The monoisotopic (exact) mass is 468 g/mol. The number of imide groups is 2. The average molecular weight is 469 g/mol. The molecule has 0 radical (unpaired) electrons. The zero-order valence-electron chi connectivity index (χ0n) is 20.2. The summed E-state index contributed by atoms with van der Waals surface area (Å²) in [5.41, 5.74) is 1.02. The van der Waals surface area contributed by atoms with Crippen molar-refractivity contribution in [3.63, 3.8) is 0 Å². The third-order valence-electron chi connectivity index (χ3n) is 8.26. The first-order chi connectivity index (χ1) is 16.3. The van der Waals surface area contributed by atoms with E-state index in [1.165, 1.54) is 32.4 Å². The number of benzene rings is 1. The fourth-order valence-electron chi connectivity index (χ4n) is 6.49. The van der Waals surface area contributed by atoms with Crippen molar-refractivity contribution in [1.29, 1.82) is 0 Å². The number of amides is 4. The largest absolute Gasteiger partial charge is 0.324 e. The number of carbonyl (C=O) groups excluding carboxylic acids is 4. The highest BCUT2D eigenvalue weighted by molar-refractivity contribution is 6.23. The summed E-state index contributed by atoms with van der Waals surface area (Å²) in [6.07, 6.45) is 5.00. The van der Waals surface area contributed by atoms with Crippen molar-refractivity contribution in [2.45, 2.75) is 64.5 Å². The molecular weight excluding hydrogens is 432 g/mol. The van der Waals surface area contributed by atoms with Gasteiger partial charge in [-0.1, -0.05) is 13.8 Å². The molecule has 4 aliphatic rings. The number of piperidine rings is 2. The van der Waals surface area contributed by atoms with Crippen LogP contribution in [0.25, 0.3) is 0 Å². The lowest BCUT2D eigenvalue weighted by Gasteiger charge is -2.31. The van der Waals surface area contributed by atoms with Gasteiger partial charge in [-0.2, -0.15) is 0 Å². The Labute approximate surface area is 200 Å². The molecule has 0 bridgehead atoms. The van der Waals surface area contributed by atoms with E-state index in [0.29, 0.717) is 23.2 Å². The number of rotatable bonds is 4. The number of quaternary nitrogens is 2. The van der Waals surface area contributed by atoms with Crippen molar-refractivity contribution in [1.82, 2.24) is 0 Å². The first-order valence-electron chi connectivity index (χ1n) is 12.9. The molecule has 8 heteroatoms. The van der Waals surface area contributed by atoms with Gasteiger partial charge in [0.1, 0.15) is 0 Å². The van der Waals surface area contributed by atoms with Crippen LogP contribution in [0.4, 0.5) is 11.4 Å². The van der Waals surface area contributed by atoms with Crippen LogP contribution >= 0.6 is 0 Å². The van der Waals surface area contributed by atoms with Crippen molar-refractivity contribution in [3.8, 4) is 0 Å². The summed E-state index contributed by atoms with van der Waals surface area (Å²) in [7, 11) is 0. The summed E-state index contributed by atoms with van der Waals surface area (Å²) in [5.74, 6) is 0.495. The molecule has 0 saturated carbocycles. The highest BCUT2D eigenvalue weighted by atomic mass is 16.2. The van der Waals surface area contributed by atoms with E-state index >= 15 is 0 Å². The van der Waals surface area contributed by atoms with Crippen LogP contribution in [-0.4, -0.2) is 61.9 Å². The second-order valence-electron chi connectivity index (χ2n) is 10.9. The zero-order chi connectivity index (χ0) is 24.0. The van der Waals surface area contributed by atoms with E-state index in [4.69, 9.17) is 0 Å². The lowest BCUT2D eigenvalue weighted by molar-refractivity contribution is -0.923. The van der Waals surface area contributed by atoms with E-state index in [2.05, 4.69) is 13.8 Å². The molecule has 0 aliphatic carbocycles. The van der Waals surface area contributed by atoms with Crippen LogP contribution in [0.2, 0.25) is 0 Å². The third-order valence-corrected chi connectivity index (χ3v) is 8.26. The summed E-state index contributed by atoms with van der Waals surface area (Å²) in [6.45, 7) is 8.12. The summed E-state index contributed by atoms with van der Waals surface area (Å²) < 4.78 is 0. The molecule has 6 atom stereocenters. The van der Waals surface area contributed by atoms with Crippen LogP contribution in [0.5, 0.6) is 0 Å². The molecule has 0 aromatic heterocycles. The maximum absolute atomic E-state index is 13.2. The number of hydrogen-bond acceptors (Lipinski definition) is 4. The Hall–Kier alpha value is -2.58. The quantitative estimate of drug-likeness (QED) is 0.588. The second-order valence-corrected chi connectivity index (χ2v) is 10.9. The van der Waals surface area contributed by atoms with Gasteiger partial charge in [0.05, 0.1) is 50.4 Å². The minimum Gasteiger partial charge on any atom is -0.324 e. The van der Waals surface area contributed by atoms with Crippen molar-refractivity contribution in [3.05, 3.63) is 24.3 Å². The van der Waals surface area contributed by atoms with Gasteiger partial charge in [-0.3, -0.25) is 19.2 Å². The van der Waals surface area contributed by atoms with Gasteiger partial charge >= 0.3 is 0 Å². The maximum atomic E-state index is 13.2. The maximum Gasteiger partial charge on any atom is 0.292 e. The molecule has 2 N–H and O–H groups in total. The van der Waals surface area contributed by atoms with Crippen LogP contribution in [0, 0.1) is 11.8 Å². The number of hydrogen-bond donors (Lipinski definition) is 2. The fourth-order valence-corrected chi connectivity index (χ4v) is 6.49. The fraction of sp³-hybridized carbons (Fsp3) is 0.615. The molecule has 34 heavy (non-hydrogen) atoms. The Balaban J connectivity index is 1.30. The van der Waals surface area contributed by atoms with Gasteiger partial charge < -0.3 is 9.80 Å². The highest BCUT2D eigenvalue weighted by Crippen LogP contribution is 2.28. The Bertz CT molecular complexity index is 914. The van der Waals surface area contributed by atoms with Crippen molar-refractivity contribution >= 4 is 35.0 Å². The SMILES string of the molecule is C[C@H]1CCC[NH+]([C@@H]2CC(=O)N(c3ccc(N4C(=O)C[C@H]([NH+]5CCC[C@H](C)C5)C4=O)cc3)C2=O)C1. The number of nitrogens with zero attached hydrogens (tertiary/aromatic N) is 2. The van der Waals surface area contributed by atoms with E-state index in [1.807, 2.05) is 0 Å². The predicted molar refractivity (Wildman–Crippen MR) is 126 cm³/mol. The molecular formula is C26H36N4O4+2. The van der Waals surface area contributed by atoms with Crippen molar-refractivity contribution in [2.24, 2.45) is 11.8 Å². The number of anilines is 2. The van der Waals surface area contributed by atoms with E-state index in [1.54, 1.807) is 24.3 Å².